The van der Waals surface area contributed by atoms with Gasteiger partial charge in [0.25, 0.3) is 0 Å². The molecule has 1 fully saturated rings. The number of carbonyl (C=O) groups is 1. The zero-order chi connectivity index (χ0) is 22.6. The van der Waals surface area contributed by atoms with Gasteiger partial charge in [0, 0.05) is 17.1 Å². The zero-order valence-electron chi connectivity index (χ0n) is 20.5. The summed E-state index contributed by atoms with van der Waals surface area (Å²) < 4.78 is 11.9. The summed E-state index contributed by atoms with van der Waals surface area (Å²) in [7, 11) is 0.321. The highest BCUT2D eigenvalue weighted by Gasteiger charge is 2.31. The van der Waals surface area contributed by atoms with Crippen LogP contribution >= 0.6 is 8.46 Å². The van der Waals surface area contributed by atoms with Crippen molar-refractivity contribution >= 4 is 14.2 Å². The summed E-state index contributed by atoms with van der Waals surface area (Å²) in [5.74, 6) is 1.00. The lowest BCUT2D eigenvalue weighted by molar-refractivity contribution is 0.0869. The fourth-order valence-electron chi connectivity index (χ4n) is 5.25. The first-order valence-corrected chi connectivity index (χ1v) is 13.8. The second-order valence-electron chi connectivity index (χ2n) is 9.95. The summed E-state index contributed by atoms with van der Waals surface area (Å²) >= 11 is 0. The molecular weight excluding hydrogens is 399 g/mol. The van der Waals surface area contributed by atoms with E-state index in [2.05, 4.69) is 33.8 Å². The molecule has 0 N–H and O–H groups in total. The van der Waals surface area contributed by atoms with Gasteiger partial charge < -0.3 is 0 Å². The molecule has 0 aromatic heterocycles. The van der Waals surface area contributed by atoms with Gasteiger partial charge in [-0.05, 0) is 75.5 Å². The van der Waals surface area contributed by atoms with Gasteiger partial charge in [-0.25, -0.2) is 0 Å². The minimum Gasteiger partial charge on any atom is -0.294 e. The van der Waals surface area contributed by atoms with E-state index in [0.717, 1.165) is 43.2 Å². The maximum Gasteiger partial charge on any atom is 0.166 e. The van der Waals surface area contributed by atoms with Crippen molar-refractivity contribution in [2.75, 3.05) is 0 Å². The average molecular weight is 445 g/mol. The molecule has 0 saturated heterocycles. The Kier molecular flexibility index (Phi) is 12.0. The van der Waals surface area contributed by atoms with E-state index in [1.54, 1.807) is 0 Å². The molecule has 1 aromatic carbocycles. The van der Waals surface area contributed by atoms with Crippen LogP contribution in [-0.4, -0.2) is 11.4 Å². The Balaban J connectivity index is 1.71. The van der Waals surface area contributed by atoms with Crippen LogP contribution in [0.25, 0.3) is 0 Å². The minimum atomic E-state index is 0.147. The van der Waals surface area contributed by atoms with Gasteiger partial charge in [-0.2, -0.15) is 0 Å². The van der Waals surface area contributed by atoms with Gasteiger partial charge in [0.2, 0.25) is 0 Å². The van der Waals surface area contributed by atoms with E-state index in [9.17, 15) is 9.36 Å². The molecular formula is C28H45O2P. The quantitative estimate of drug-likeness (QED) is 0.163. The molecule has 0 bridgehead atoms. The van der Waals surface area contributed by atoms with Gasteiger partial charge in [-0.15, -0.1) is 0 Å². The fourth-order valence-corrected chi connectivity index (χ4v) is 6.01. The number of aryl methyl sites for hydroxylation is 1. The highest BCUT2D eigenvalue weighted by molar-refractivity contribution is 7.24. The Hall–Kier alpha value is -1.01. The van der Waals surface area contributed by atoms with Crippen LogP contribution < -0.4 is 0 Å². The standard InChI is InChI=1S/C28H45O2P/c1-5-6-7-8-9-10-11-12-13-14-27(31-30)24-16-18-25(19-17-24)28(29)26-20-15-21(2)22(3)23(26)4/h15,20,24-25,27H,5-14,16-19H2,1-4H3. The minimum absolute atomic E-state index is 0.147. The lowest BCUT2D eigenvalue weighted by Gasteiger charge is -2.31. The van der Waals surface area contributed by atoms with Crippen LogP contribution in [0.15, 0.2) is 12.1 Å². The first kappa shape index (κ1) is 26.2. The molecule has 0 aliphatic heterocycles. The van der Waals surface area contributed by atoms with Crippen molar-refractivity contribution in [3.8, 4) is 0 Å². The third-order valence-electron chi connectivity index (χ3n) is 7.75. The van der Waals surface area contributed by atoms with E-state index < -0.39 is 0 Å². The van der Waals surface area contributed by atoms with Crippen molar-refractivity contribution in [2.24, 2.45) is 11.8 Å². The molecule has 0 amide bonds. The first-order valence-electron chi connectivity index (χ1n) is 12.9. The second-order valence-corrected chi connectivity index (χ2v) is 10.8. The number of hydrogen-bond donors (Lipinski definition) is 0. The van der Waals surface area contributed by atoms with Crippen LogP contribution in [0, 0.1) is 32.6 Å². The summed E-state index contributed by atoms with van der Waals surface area (Å²) in [4.78, 5) is 13.1. The number of benzene rings is 1. The van der Waals surface area contributed by atoms with Crippen molar-refractivity contribution in [1.82, 2.24) is 0 Å². The number of carbonyl (C=O) groups excluding carboxylic acids is 1. The number of hydrogen-bond acceptors (Lipinski definition) is 2. The van der Waals surface area contributed by atoms with Crippen LogP contribution in [0.5, 0.6) is 0 Å². The Morgan fingerprint density at radius 3 is 2.03 bits per heavy atom. The molecule has 174 valence electrons. The maximum atomic E-state index is 13.1. The van der Waals surface area contributed by atoms with Crippen LogP contribution in [0.2, 0.25) is 0 Å². The number of ketones is 1. The van der Waals surface area contributed by atoms with Crippen LogP contribution in [0.3, 0.4) is 0 Å². The lowest BCUT2D eigenvalue weighted by Crippen LogP contribution is -2.27. The normalized spacial score (nSPS) is 20.1. The molecule has 1 saturated carbocycles. The Morgan fingerprint density at radius 2 is 1.45 bits per heavy atom. The highest BCUT2D eigenvalue weighted by Crippen LogP contribution is 2.38. The number of unbranched alkanes of at least 4 members (excludes halogenated alkanes) is 8. The molecule has 0 spiro atoms. The lowest BCUT2D eigenvalue weighted by atomic mass is 9.76. The fraction of sp³-hybridized carbons (Fsp3) is 0.750. The van der Waals surface area contributed by atoms with Crippen molar-refractivity contribution < 1.29 is 9.36 Å². The molecule has 1 aliphatic carbocycles. The molecule has 31 heavy (non-hydrogen) atoms. The van der Waals surface area contributed by atoms with Crippen molar-refractivity contribution in [1.29, 1.82) is 0 Å². The average Bonchev–Trinajstić information content (AvgIpc) is 2.79. The monoisotopic (exact) mass is 444 g/mol. The van der Waals surface area contributed by atoms with E-state index >= 15 is 0 Å². The Bertz CT molecular complexity index is 688. The van der Waals surface area contributed by atoms with Gasteiger partial charge in [0.1, 0.15) is 0 Å². The summed E-state index contributed by atoms with van der Waals surface area (Å²) in [6, 6.07) is 4.10. The van der Waals surface area contributed by atoms with E-state index in [0.29, 0.717) is 25.8 Å². The molecule has 3 heteroatoms. The van der Waals surface area contributed by atoms with Crippen molar-refractivity contribution in [3.63, 3.8) is 0 Å². The predicted octanol–water partition coefficient (Wildman–Crippen LogP) is 9.18. The largest absolute Gasteiger partial charge is 0.294 e. The molecule has 1 atom stereocenters. The Morgan fingerprint density at radius 1 is 0.871 bits per heavy atom. The molecule has 0 radical (unpaired) electrons. The van der Waals surface area contributed by atoms with Gasteiger partial charge in [-0.3, -0.25) is 9.36 Å². The van der Waals surface area contributed by atoms with Gasteiger partial charge in [0.15, 0.2) is 14.2 Å². The molecule has 0 heterocycles. The van der Waals surface area contributed by atoms with Crippen molar-refractivity contribution in [2.45, 2.75) is 123 Å². The molecule has 1 unspecified atom stereocenters. The van der Waals surface area contributed by atoms with Crippen molar-refractivity contribution in [3.05, 3.63) is 34.4 Å². The molecule has 2 rings (SSSR count). The summed E-state index contributed by atoms with van der Waals surface area (Å²) in [5, 5.41) is 0. The van der Waals surface area contributed by atoms with Gasteiger partial charge in [0.05, 0.1) is 0 Å². The highest BCUT2D eigenvalue weighted by atomic mass is 31.1. The van der Waals surface area contributed by atoms with E-state index in [1.807, 2.05) is 6.07 Å². The molecule has 1 aliphatic rings. The van der Waals surface area contributed by atoms with E-state index in [-0.39, 0.29) is 5.92 Å². The molecule has 1 aromatic rings. The smallest absolute Gasteiger partial charge is 0.166 e. The third-order valence-corrected chi connectivity index (χ3v) is 8.70. The number of Topliss-reactive ketones (excluding diaryl/α,β-unsaturated/α-hetero) is 1. The topological polar surface area (TPSA) is 34.1 Å². The zero-order valence-corrected chi connectivity index (χ0v) is 21.4. The first-order chi connectivity index (χ1) is 15.0. The van der Waals surface area contributed by atoms with Gasteiger partial charge in [-0.1, -0.05) is 76.8 Å². The molecule has 2 nitrogen and oxygen atoms in total. The van der Waals surface area contributed by atoms with E-state index in [1.165, 1.54) is 68.9 Å². The predicted molar refractivity (Wildman–Crippen MR) is 134 cm³/mol. The summed E-state index contributed by atoms with van der Waals surface area (Å²) in [6.07, 6.45) is 17.1. The van der Waals surface area contributed by atoms with E-state index in [4.69, 9.17) is 0 Å². The number of rotatable bonds is 14. The third kappa shape index (κ3) is 8.12. The Labute approximate surface area is 193 Å². The maximum absolute atomic E-state index is 13.1. The SMILES string of the molecule is CCCCCCCCCCCC(P=O)C1CCC(C(=O)c2ccc(C)c(C)c2C)CC1. The van der Waals surface area contributed by atoms with Crippen LogP contribution in [0.4, 0.5) is 0 Å². The van der Waals surface area contributed by atoms with Gasteiger partial charge >= 0.3 is 0 Å². The second kappa shape index (κ2) is 14.2. The van der Waals surface area contributed by atoms with Crippen LogP contribution in [-0.2, 0) is 4.57 Å². The summed E-state index contributed by atoms with van der Waals surface area (Å²) in [5.41, 5.74) is 4.86. The van der Waals surface area contributed by atoms with Crippen LogP contribution in [0.1, 0.15) is 124 Å². The summed E-state index contributed by atoms with van der Waals surface area (Å²) in [6.45, 7) is 8.57.